The molecular formula is C14H20FN4O2+. The van der Waals surface area contributed by atoms with Gasteiger partial charge in [0.1, 0.15) is 5.82 Å². The van der Waals surface area contributed by atoms with E-state index in [1.807, 2.05) is 0 Å². The molecular weight excluding hydrogens is 275 g/mol. The van der Waals surface area contributed by atoms with E-state index < -0.39 is 6.03 Å². The minimum atomic E-state index is -0.482. The van der Waals surface area contributed by atoms with Gasteiger partial charge in [-0.25, -0.2) is 9.18 Å². The third-order valence-electron chi connectivity index (χ3n) is 3.55. The van der Waals surface area contributed by atoms with E-state index in [2.05, 4.69) is 15.5 Å². The third-order valence-corrected chi connectivity index (χ3v) is 3.55. The zero-order valence-corrected chi connectivity index (χ0v) is 12.0. The first-order valence-corrected chi connectivity index (χ1v) is 6.94. The fourth-order valence-corrected chi connectivity index (χ4v) is 2.37. The Morgan fingerprint density at radius 3 is 2.43 bits per heavy atom. The lowest BCUT2D eigenvalue weighted by Crippen LogP contribution is -3.16. The second kappa shape index (κ2) is 7.03. The molecule has 0 unspecified atom stereocenters. The van der Waals surface area contributed by atoms with Gasteiger partial charge in [-0.15, -0.1) is 0 Å². The number of carbonyl (C=O) groups excluding carboxylic acids is 2. The molecule has 0 aliphatic carbocycles. The van der Waals surface area contributed by atoms with Crippen molar-refractivity contribution in [1.82, 2.24) is 10.6 Å². The number of halogens is 1. The van der Waals surface area contributed by atoms with Gasteiger partial charge in [0.25, 0.3) is 5.91 Å². The summed E-state index contributed by atoms with van der Waals surface area (Å²) in [5, 5.41) is 4.61. The average Bonchev–Trinajstić information content (AvgIpc) is 2.48. The van der Waals surface area contributed by atoms with Gasteiger partial charge >= 0.3 is 6.03 Å². The van der Waals surface area contributed by atoms with Crippen molar-refractivity contribution in [2.24, 2.45) is 0 Å². The molecule has 1 aromatic rings. The van der Waals surface area contributed by atoms with E-state index in [1.54, 1.807) is 12.1 Å². The number of anilines is 1. The number of carbonyl (C=O) groups is 2. The molecule has 114 valence electrons. The van der Waals surface area contributed by atoms with Gasteiger partial charge < -0.3 is 15.1 Å². The van der Waals surface area contributed by atoms with Crippen molar-refractivity contribution in [3.8, 4) is 0 Å². The number of nitrogens with zero attached hydrogens (tertiary/aromatic N) is 1. The summed E-state index contributed by atoms with van der Waals surface area (Å²) >= 11 is 0. The third kappa shape index (κ3) is 4.42. The molecule has 1 fully saturated rings. The number of hydrogen-bond donors (Lipinski definition) is 3. The van der Waals surface area contributed by atoms with Crippen LogP contribution < -0.4 is 20.4 Å². The molecule has 6 nitrogen and oxygen atoms in total. The molecule has 1 aliphatic heterocycles. The topological polar surface area (TPSA) is 65.9 Å². The number of rotatable bonds is 3. The standard InChI is InChI=1S/C14H19FN4O2/c1-16-14(21)17-13(20)10-18-6-8-19(9-7-18)12-4-2-11(15)3-5-12/h2-5H,6-10H2,1H3,(H2,16,17,20,21)/p+1. The summed E-state index contributed by atoms with van der Waals surface area (Å²) in [6, 6.07) is 5.94. The summed E-state index contributed by atoms with van der Waals surface area (Å²) in [7, 11) is 1.47. The SMILES string of the molecule is CNC(=O)NC(=O)C[NH+]1CCN(c2ccc(F)cc2)CC1. The number of piperazine rings is 1. The lowest BCUT2D eigenvalue weighted by atomic mass is 10.2. The fourth-order valence-electron chi connectivity index (χ4n) is 2.37. The average molecular weight is 295 g/mol. The summed E-state index contributed by atoms with van der Waals surface area (Å²) in [4.78, 5) is 26.0. The zero-order chi connectivity index (χ0) is 15.2. The van der Waals surface area contributed by atoms with Crippen molar-refractivity contribution in [1.29, 1.82) is 0 Å². The van der Waals surface area contributed by atoms with Gasteiger partial charge in [-0.3, -0.25) is 10.1 Å². The molecule has 21 heavy (non-hydrogen) atoms. The van der Waals surface area contributed by atoms with Crippen LogP contribution >= 0.6 is 0 Å². The van der Waals surface area contributed by atoms with Crippen LogP contribution in [-0.2, 0) is 4.79 Å². The Balaban J connectivity index is 1.79. The number of urea groups is 1. The number of hydrogen-bond acceptors (Lipinski definition) is 3. The van der Waals surface area contributed by atoms with Crippen LogP contribution in [0, 0.1) is 5.82 Å². The molecule has 3 N–H and O–H groups in total. The lowest BCUT2D eigenvalue weighted by molar-refractivity contribution is -0.892. The maximum absolute atomic E-state index is 12.9. The Labute approximate surface area is 122 Å². The van der Waals surface area contributed by atoms with Gasteiger partial charge in [-0.05, 0) is 24.3 Å². The molecule has 7 heteroatoms. The van der Waals surface area contributed by atoms with Gasteiger partial charge in [0.15, 0.2) is 6.54 Å². The molecule has 0 aromatic heterocycles. The Bertz CT molecular complexity index is 498. The van der Waals surface area contributed by atoms with Crippen molar-refractivity contribution in [3.63, 3.8) is 0 Å². The largest absolute Gasteiger partial charge is 0.360 e. The maximum Gasteiger partial charge on any atom is 0.321 e. The Morgan fingerprint density at radius 2 is 1.86 bits per heavy atom. The van der Waals surface area contributed by atoms with Crippen LogP contribution in [0.3, 0.4) is 0 Å². The minimum Gasteiger partial charge on any atom is -0.360 e. The van der Waals surface area contributed by atoms with Crippen LogP contribution in [0.4, 0.5) is 14.9 Å². The quantitative estimate of drug-likeness (QED) is 0.669. The molecule has 3 amide bonds. The van der Waals surface area contributed by atoms with Gasteiger partial charge in [-0.1, -0.05) is 0 Å². The predicted molar refractivity (Wildman–Crippen MR) is 76.8 cm³/mol. The van der Waals surface area contributed by atoms with Crippen LogP contribution in [0.5, 0.6) is 0 Å². The summed E-state index contributed by atoms with van der Waals surface area (Å²) in [6.07, 6.45) is 0. The summed E-state index contributed by atoms with van der Waals surface area (Å²) in [6.45, 7) is 3.49. The molecule has 0 spiro atoms. The van der Waals surface area contributed by atoms with Crippen molar-refractivity contribution in [2.45, 2.75) is 0 Å². The number of nitrogens with one attached hydrogen (secondary N) is 3. The molecule has 1 aromatic carbocycles. The zero-order valence-electron chi connectivity index (χ0n) is 12.0. The number of benzene rings is 1. The van der Waals surface area contributed by atoms with Gasteiger partial charge in [0, 0.05) is 12.7 Å². The molecule has 1 aliphatic rings. The number of amides is 3. The highest BCUT2D eigenvalue weighted by molar-refractivity contribution is 5.94. The van der Waals surface area contributed by atoms with E-state index in [0.717, 1.165) is 36.8 Å². The van der Waals surface area contributed by atoms with Crippen molar-refractivity contribution in [3.05, 3.63) is 30.1 Å². The van der Waals surface area contributed by atoms with E-state index in [0.29, 0.717) is 0 Å². The second-order valence-corrected chi connectivity index (χ2v) is 5.02. The van der Waals surface area contributed by atoms with E-state index >= 15 is 0 Å². The van der Waals surface area contributed by atoms with E-state index in [4.69, 9.17) is 0 Å². The molecule has 0 radical (unpaired) electrons. The first kappa shape index (κ1) is 15.2. The predicted octanol–water partition coefficient (Wildman–Crippen LogP) is -1.01. The normalized spacial score (nSPS) is 15.6. The van der Waals surface area contributed by atoms with Gasteiger partial charge in [-0.2, -0.15) is 0 Å². The highest BCUT2D eigenvalue weighted by atomic mass is 19.1. The molecule has 1 heterocycles. The van der Waals surface area contributed by atoms with Gasteiger partial charge in [0.05, 0.1) is 26.2 Å². The van der Waals surface area contributed by atoms with Crippen LogP contribution in [-0.4, -0.2) is 51.7 Å². The van der Waals surface area contributed by atoms with Crippen molar-refractivity contribution in [2.75, 3.05) is 44.7 Å². The summed E-state index contributed by atoms with van der Waals surface area (Å²) < 4.78 is 12.9. The van der Waals surface area contributed by atoms with Crippen LogP contribution in [0.2, 0.25) is 0 Å². The highest BCUT2D eigenvalue weighted by Crippen LogP contribution is 2.14. The first-order valence-electron chi connectivity index (χ1n) is 6.94. The fraction of sp³-hybridized carbons (Fsp3) is 0.429. The lowest BCUT2D eigenvalue weighted by Gasteiger charge is -2.33. The number of imide groups is 1. The number of quaternary nitrogens is 1. The van der Waals surface area contributed by atoms with E-state index in [9.17, 15) is 14.0 Å². The van der Waals surface area contributed by atoms with Gasteiger partial charge in [0.2, 0.25) is 0 Å². The Kier molecular flexibility index (Phi) is 5.10. The molecule has 0 bridgehead atoms. The summed E-state index contributed by atoms with van der Waals surface area (Å²) in [5.74, 6) is -0.520. The molecule has 0 saturated carbocycles. The van der Waals surface area contributed by atoms with E-state index in [1.165, 1.54) is 19.2 Å². The van der Waals surface area contributed by atoms with Crippen LogP contribution in [0.25, 0.3) is 0 Å². The van der Waals surface area contributed by atoms with Crippen LogP contribution in [0.15, 0.2) is 24.3 Å². The first-order chi connectivity index (χ1) is 10.1. The maximum atomic E-state index is 12.9. The smallest absolute Gasteiger partial charge is 0.321 e. The summed E-state index contributed by atoms with van der Waals surface area (Å²) in [5.41, 5.74) is 0.991. The Morgan fingerprint density at radius 1 is 1.24 bits per heavy atom. The monoisotopic (exact) mass is 295 g/mol. The molecule has 2 rings (SSSR count). The minimum absolute atomic E-state index is 0.242. The second-order valence-electron chi connectivity index (χ2n) is 5.02. The Hall–Kier alpha value is -2.15. The van der Waals surface area contributed by atoms with Crippen molar-refractivity contribution >= 4 is 17.6 Å². The van der Waals surface area contributed by atoms with Crippen molar-refractivity contribution < 1.29 is 18.9 Å². The molecule has 1 saturated heterocycles. The van der Waals surface area contributed by atoms with E-state index in [-0.39, 0.29) is 18.3 Å². The molecule has 0 atom stereocenters. The van der Waals surface area contributed by atoms with Crippen LogP contribution in [0.1, 0.15) is 0 Å². The highest BCUT2D eigenvalue weighted by Gasteiger charge is 2.22.